The van der Waals surface area contributed by atoms with Crippen LogP contribution in [0.2, 0.25) is 0 Å². The van der Waals surface area contributed by atoms with Crippen molar-refractivity contribution in [3.8, 4) is 11.8 Å². The Morgan fingerprint density at radius 3 is 3.18 bits per heavy atom. The summed E-state index contributed by atoms with van der Waals surface area (Å²) < 4.78 is 12.6. The average Bonchev–Trinajstić information content (AvgIpc) is 3.30. The lowest BCUT2D eigenvalue weighted by Gasteiger charge is -2.15. The smallest absolute Gasteiger partial charge is 0.263 e. The largest absolute Gasteiger partial charge is 0.486 e. The molecule has 1 amide bonds. The number of nitrogens with one attached hydrogen (secondary N) is 1. The Kier molecular flexibility index (Phi) is 4.74. The number of aromatic nitrogens is 4. The number of nitrogens with zero attached hydrogens (tertiary/aromatic N) is 5. The first kappa shape index (κ1) is 17.7. The van der Waals surface area contributed by atoms with Gasteiger partial charge >= 0.3 is 0 Å². The fraction of sp³-hybridized carbons (Fsp3) is 0.278. The van der Waals surface area contributed by atoms with Crippen LogP contribution in [0.5, 0.6) is 5.75 Å². The summed E-state index contributed by atoms with van der Waals surface area (Å²) in [6, 6.07) is 3.72. The van der Waals surface area contributed by atoms with Gasteiger partial charge in [-0.15, -0.1) is 5.10 Å². The van der Waals surface area contributed by atoms with Gasteiger partial charge < -0.3 is 20.5 Å². The molecule has 1 aliphatic heterocycles. The zero-order chi connectivity index (χ0) is 19.5. The van der Waals surface area contributed by atoms with Gasteiger partial charge in [0, 0.05) is 36.6 Å². The van der Waals surface area contributed by atoms with E-state index in [9.17, 15) is 4.79 Å². The number of amides is 1. The predicted molar refractivity (Wildman–Crippen MR) is 98.8 cm³/mol. The van der Waals surface area contributed by atoms with Crippen molar-refractivity contribution in [1.82, 2.24) is 19.6 Å². The van der Waals surface area contributed by atoms with Crippen LogP contribution in [0.4, 0.5) is 11.5 Å². The van der Waals surface area contributed by atoms with E-state index in [1.165, 1.54) is 16.9 Å². The van der Waals surface area contributed by atoms with Gasteiger partial charge in [-0.3, -0.25) is 9.78 Å². The molecule has 1 unspecified atom stereocenters. The molecule has 1 atom stereocenters. The van der Waals surface area contributed by atoms with Gasteiger partial charge in [-0.05, 0) is 0 Å². The van der Waals surface area contributed by atoms with E-state index in [0.29, 0.717) is 35.9 Å². The van der Waals surface area contributed by atoms with Crippen molar-refractivity contribution in [2.45, 2.75) is 18.9 Å². The van der Waals surface area contributed by atoms with Crippen molar-refractivity contribution in [3.63, 3.8) is 0 Å². The van der Waals surface area contributed by atoms with Crippen LogP contribution in [0.1, 0.15) is 22.3 Å². The minimum atomic E-state index is -0.478. The van der Waals surface area contributed by atoms with E-state index >= 15 is 0 Å². The van der Waals surface area contributed by atoms with Gasteiger partial charge in [0.15, 0.2) is 11.5 Å². The van der Waals surface area contributed by atoms with Gasteiger partial charge in [-0.2, -0.15) is 5.26 Å². The molecule has 142 valence electrons. The zero-order valence-corrected chi connectivity index (χ0v) is 14.8. The lowest BCUT2D eigenvalue weighted by atomic mass is 10.2. The topological polar surface area (TPSA) is 140 Å². The van der Waals surface area contributed by atoms with Crippen molar-refractivity contribution in [2.24, 2.45) is 0 Å². The molecule has 0 radical (unpaired) electrons. The highest BCUT2D eigenvalue weighted by molar-refractivity contribution is 6.11. The second-order valence-corrected chi connectivity index (χ2v) is 6.25. The maximum absolute atomic E-state index is 12.9. The number of nitrogen functional groups attached to an aromatic ring is 1. The maximum Gasteiger partial charge on any atom is 0.263 e. The highest BCUT2D eigenvalue weighted by Gasteiger charge is 2.23. The molecule has 1 fully saturated rings. The number of carbonyl (C=O) groups excluding carboxylic acids is 1. The molecule has 0 aliphatic carbocycles. The molecule has 0 saturated carbocycles. The number of nitrogens with two attached hydrogens (primary N) is 1. The van der Waals surface area contributed by atoms with Gasteiger partial charge in [0.25, 0.3) is 5.91 Å². The van der Waals surface area contributed by atoms with Crippen molar-refractivity contribution < 1.29 is 14.3 Å². The van der Waals surface area contributed by atoms with E-state index in [1.807, 2.05) is 6.07 Å². The summed E-state index contributed by atoms with van der Waals surface area (Å²) in [6.45, 7) is 1.15. The van der Waals surface area contributed by atoms with Gasteiger partial charge in [-0.25, -0.2) is 9.50 Å². The lowest BCUT2D eigenvalue weighted by Crippen LogP contribution is -2.19. The van der Waals surface area contributed by atoms with E-state index < -0.39 is 5.91 Å². The van der Waals surface area contributed by atoms with Crippen LogP contribution in [-0.2, 0) is 11.2 Å². The summed E-state index contributed by atoms with van der Waals surface area (Å²) >= 11 is 0. The second kappa shape index (κ2) is 7.50. The van der Waals surface area contributed by atoms with Crippen molar-refractivity contribution in [1.29, 1.82) is 5.26 Å². The van der Waals surface area contributed by atoms with E-state index in [2.05, 4.69) is 20.4 Å². The summed E-state index contributed by atoms with van der Waals surface area (Å²) in [5.41, 5.74) is 7.47. The standard InChI is InChI=1S/C18H17N7O3/c19-4-1-11-7-22-17-15(16(20)24-25(17)9-11)18(26)23-13-8-21-5-2-14(13)28-12-3-6-27-10-12/h2,5,7-9,12H,1,3,6,10H2,(H2,20,24)(H,23,26). The number of hydrogen-bond acceptors (Lipinski definition) is 8. The number of rotatable bonds is 5. The summed E-state index contributed by atoms with van der Waals surface area (Å²) in [5.74, 6) is 0.0568. The Morgan fingerprint density at radius 1 is 1.50 bits per heavy atom. The van der Waals surface area contributed by atoms with Crippen LogP contribution in [0.15, 0.2) is 30.9 Å². The SMILES string of the molecule is N#CCc1cnc2c(C(=O)Nc3cnccc3OC3CCOC3)c(N)nn2c1. The molecule has 3 N–H and O–H groups in total. The Labute approximate surface area is 159 Å². The highest BCUT2D eigenvalue weighted by Crippen LogP contribution is 2.27. The molecule has 0 spiro atoms. The minimum Gasteiger partial charge on any atom is -0.486 e. The third-order valence-corrected chi connectivity index (χ3v) is 4.27. The lowest BCUT2D eigenvalue weighted by molar-refractivity contribution is 0.102. The number of pyridine rings is 1. The molecule has 3 aromatic heterocycles. The number of ether oxygens (including phenoxy) is 2. The predicted octanol–water partition coefficient (Wildman–Crippen LogP) is 1.19. The molecule has 4 heterocycles. The Morgan fingerprint density at radius 2 is 2.39 bits per heavy atom. The third kappa shape index (κ3) is 3.43. The number of fused-ring (bicyclic) bond motifs is 1. The van der Waals surface area contributed by atoms with Crippen LogP contribution in [-0.4, -0.2) is 44.8 Å². The fourth-order valence-corrected chi connectivity index (χ4v) is 2.94. The number of carbonyl (C=O) groups is 1. The maximum atomic E-state index is 12.9. The van der Waals surface area contributed by atoms with Crippen LogP contribution in [0.3, 0.4) is 0 Å². The molecule has 0 bridgehead atoms. The van der Waals surface area contributed by atoms with Gasteiger partial charge in [-0.1, -0.05) is 0 Å². The molecule has 3 aromatic rings. The molecule has 1 saturated heterocycles. The van der Waals surface area contributed by atoms with E-state index in [1.54, 1.807) is 18.5 Å². The Bertz CT molecular complexity index is 1070. The monoisotopic (exact) mass is 379 g/mol. The molecule has 10 heteroatoms. The Hall–Kier alpha value is -3.71. The molecular weight excluding hydrogens is 362 g/mol. The second-order valence-electron chi connectivity index (χ2n) is 6.25. The van der Waals surface area contributed by atoms with E-state index in [-0.39, 0.29) is 23.9 Å². The van der Waals surface area contributed by atoms with Crippen molar-refractivity contribution >= 4 is 23.1 Å². The third-order valence-electron chi connectivity index (χ3n) is 4.27. The first-order valence-corrected chi connectivity index (χ1v) is 8.65. The summed E-state index contributed by atoms with van der Waals surface area (Å²) in [7, 11) is 0. The van der Waals surface area contributed by atoms with Gasteiger partial charge in [0.1, 0.15) is 23.1 Å². The summed E-state index contributed by atoms with van der Waals surface area (Å²) in [4.78, 5) is 21.1. The van der Waals surface area contributed by atoms with E-state index in [4.69, 9.17) is 20.5 Å². The minimum absolute atomic E-state index is 0.0367. The Balaban J connectivity index is 1.61. The average molecular weight is 379 g/mol. The van der Waals surface area contributed by atoms with Gasteiger partial charge in [0.05, 0.1) is 31.9 Å². The van der Waals surface area contributed by atoms with Crippen molar-refractivity contribution in [3.05, 3.63) is 42.0 Å². The van der Waals surface area contributed by atoms with Crippen molar-refractivity contribution in [2.75, 3.05) is 24.3 Å². The normalized spacial score (nSPS) is 16.0. The van der Waals surface area contributed by atoms with Crippen LogP contribution in [0.25, 0.3) is 5.65 Å². The van der Waals surface area contributed by atoms with Crippen LogP contribution in [0, 0.1) is 11.3 Å². The molecule has 28 heavy (non-hydrogen) atoms. The zero-order valence-electron chi connectivity index (χ0n) is 14.8. The molecule has 1 aliphatic rings. The van der Waals surface area contributed by atoms with Crippen LogP contribution >= 0.6 is 0 Å². The van der Waals surface area contributed by atoms with Gasteiger partial charge in [0.2, 0.25) is 0 Å². The summed E-state index contributed by atoms with van der Waals surface area (Å²) in [5, 5.41) is 15.7. The molecule has 4 rings (SSSR count). The molecular formula is C18H17N7O3. The number of hydrogen-bond donors (Lipinski definition) is 2. The number of anilines is 2. The highest BCUT2D eigenvalue weighted by atomic mass is 16.5. The molecule has 10 nitrogen and oxygen atoms in total. The molecule has 0 aromatic carbocycles. The first-order chi connectivity index (χ1) is 13.7. The van der Waals surface area contributed by atoms with Crippen LogP contribution < -0.4 is 15.8 Å². The quantitative estimate of drug-likeness (QED) is 0.673. The number of nitriles is 1. The van der Waals surface area contributed by atoms with E-state index in [0.717, 1.165) is 6.42 Å². The first-order valence-electron chi connectivity index (χ1n) is 8.65. The fourth-order valence-electron chi connectivity index (χ4n) is 2.94. The summed E-state index contributed by atoms with van der Waals surface area (Å²) in [6.07, 6.45) is 7.14.